The molecule has 98 valence electrons. The lowest BCUT2D eigenvalue weighted by Crippen LogP contribution is -2.30. The van der Waals surface area contributed by atoms with Gasteiger partial charge in [-0.3, -0.25) is 0 Å². The second-order valence-corrected chi connectivity index (χ2v) is 6.66. The first-order chi connectivity index (χ1) is 8.61. The molecule has 0 radical (unpaired) electrons. The number of hydrogen-bond donors (Lipinski definition) is 1. The summed E-state index contributed by atoms with van der Waals surface area (Å²) >= 11 is 5.03. The van der Waals surface area contributed by atoms with Crippen molar-refractivity contribution in [3.63, 3.8) is 0 Å². The third-order valence-corrected chi connectivity index (χ3v) is 4.52. The molecule has 0 aromatic carbocycles. The highest BCUT2D eigenvalue weighted by molar-refractivity contribution is 9.11. The first kappa shape index (κ1) is 13.7. The fourth-order valence-electron chi connectivity index (χ4n) is 1.67. The number of aromatic nitrogens is 2. The van der Waals surface area contributed by atoms with Gasteiger partial charge in [-0.15, -0.1) is 11.3 Å². The molecule has 0 aliphatic heterocycles. The molecule has 2 aromatic rings. The van der Waals surface area contributed by atoms with Gasteiger partial charge in [0, 0.05) is 6.04 Å². The summed E-state index contributed by atoms with van der Waals surface area (Å²) in [6.07, 6.45) is 0. The summed E-state index contributed by atoms with van der Waals surface area (Å²) in [6.45, 7) is 7.24. The molecule has 0 fully saturated rings. The van der Waals surface area contributed by atoms with Crippen LogP contribution in [0.4, 0.5) is 0 Å². The van der Waals surface area contributed by atoms with E-state index in [-0.39, 0.29) is 5.92 Å². The summed E-state index contributed by atoms with van der Waals surface area (Å²) in [5.74, 6) is 1.55. The molecule has 0 saturated carbocycles. The summed E-state index contributed by atoms with van der Waals surface area (Å²) < 4.78 is 6.42. The minimum absolute atomic E-state index is 0.203. The van der Waals surface area contributed by atoms with Gasteiger partial charge >= 0.3 is 0 Å². The van der Waals surface area contributed by atoms with Crippen molar-refractivity contribution in [2.75, 3.05) is 6.54 Å². The van der Waals surface area contributed by atoms with Crippen LogP contribution < -0.4 is 5.32 Å². The molecule has 2 rings (SSSR count). The molecule has 1 N–H and O–H groups in total. The third kappa shape index (κ3) is 2.99. The molecule has 18 heavy (non-hydrogen) atoms. The standard InChI is InChI=1S/C12H16BrN3OS/c1-4-14-8(3)7(2)12-15-11(16-17-12)9-5-6-10(13)18-9/h5-8,14H,4H2,1-3H3. The highest BCUT2D eigenvalue weighted by atomic mass is 79.9. The summed E-state index contributed by atoms with van der Waals surface area (Å²) in [4.78, 5) is 5.48. The second kappa shape index (κ2) is 5.95. The molecular formula is C12H16BrN3OS. The number of thiophene rings is 1. The predicted molar refractivity (Wildman–Crippen MR) is 76.9 cm³/mol. The van der Waals surface area contributed by atoms with Gasteiger partial charge in [-0.25, -0.2) is 0 Å². The van der Waals surface area contributed by atoms with Crippen LogP contribution in [-0.2, 0) is 0 Å². The van der Waals surface area contributed by atoms with E-state index < -0.39 is 0 Å². The maximum absolute atomic E-state index is 5.35. The van der Waals surface area contributed by atoms with Crippen molar-refractivity contribution in [1.29, 1.82) is 0 Å². The predicted octanol–water partition coefficient (Wildman–Crippen LogP) is 3.66. The van der Waals surface area contributed by atoms with E-state index in [1.165, 1.54) is 0 Å². The zero-order valence-corrected chi connectivity index (χ0v) is 13.0. The molecule has 2 aromatic heterocycles. The van der Waals surface area contributed by atoms with Gasteiger partial charge in [-0.05, 0) is 41.5 Å². The molecule has 0 amide bonds. The van der Waals surface area contributed by atoms with E-state index in [9.17, 15) is 0 Å². The van der Waals surface area contributed by atoms with Gasteiger partial charge in [-0.1, -0.05) is 19.0 Å². The number of nitrogens with one attached hydrogen (secondary N) is 1. The van der Waals surface area contributed by atoms with Crippen molar-refractivity contribution < 1.29 is 4.52 Å². The highest BCUT2D eigenvalue weighted by Crippen LogP contribution is 2.30. The van der Waals surface area contributed by atoms with Crippen molar-refractivity contribution in [2.45, 2.75) is 32.7 Å². The summed E-state index contributed by atoms with van der Waals surface area (Å²) in [5.41, 5.74) is 0. The molecule has 0 aliphatic rings. The van der Waals surface area contributed by atoms with E-state index in [4.69, 9.17) is 4.52 Å². The van der Waals surface area contributed by atoms with Gasteiger partial charge in [0.25, 0.3) is 0 Å². The van der Waals surface area contributed by atoms with Crippen molar-refractivity contribution >= 4 is 27.3 Å². The lowest BCUT2D eigenvalue weighted by molar-refractivity contribution is 0.332. The van der Waals surface area contributed by atoms with Crippen LogP contribution in [0.25, 0.3) is 10.7 Å². The largest absolute Gasteiger partial charge is 0.339 e. The first-order valence-electron chi connectivity index (χ1n) is 5.94. The van der Waals surface area contributed by atoms with E-state index in [1.807, 2.05) is 12.1 Å². The molecule has 0 aliphatic carbocycles. The normalized spacial score (nSPS) is 14.7. The summed E-state index contributed by atoms with van der Waals surface area (Å²) in [7, 11) is 0. The number of likely N-dealkylation sites (N-methyl/N-ethyl adjacent to an activating group) is 1. The zero-order valence-electron chi connectivity index (χ0n) is 10.6. The molecule has 6 heteroatoms. The fraction of sp³-hybridized carbons (Fsp3) is 0.500. The van der Waals surface area contributed by atoms with E-state index in [0.717, 1.165) is 15.2 Å². The highest BCUT2D eigenvalue weighted by Gasteiger charge is 2.20. The van der Waals surface area contributed by atoms with Crippen molar-refractivity contribution in [3.8, 4) is 10.7 Å². The Hall–Kier alpha value is -0.720. The molecule has 0 bridgehead atoms. The Morgan fingerprint density at radius 2 is 2.22 bits per heavy atom. The molecule has 0 spiro atoms. The zero-order chi connectivity index (χ0) is 13.1. The first-order valence-corrected chi connectivity index (χ1v) is 7.55. The third-order valence-electron chi connectivity index (χ3n) is 2.90. The van der Waals surface area contributed by atoms with Gasteiger partial charge < -0.3 is 9.84 Å². The minimum atomic E-state index is 0.203. The van der Waals surface area contributed by atoms with Crippen molar-refractivity contribution in [2.24, 2.45) is 0 Å². The van der Waals surface area contributed by atoms with Crippen LogP contribution >= 0.6 is 27.3 Å². The topological polar surface area (TPSA) is 51.0 Å². The quantitative estimate of drug-likeness (QED) is 0.909. The lowest BCUT2D eigenvalue weighted by Gasteiger charge is -2.16. The number of nitrogens with zero attached hydrogens (tertiary/aromatic N) is 2. The molecule has 4 nitrogen and oxygen atoms in total. The van der Waals surface area contributed by atoms with Crippen LogP contribution in [0.15, 0.2) is 20.4 Å². The Kier molecular flexibility index (Phi) is 4.53. The fourth-order valence-corrected chi connectivity index (χ4v) is 2.98. The summed E-state index contributed by atoms with van der Waals surface area (Å²) in [6, 6.07) is 4.29. The van der Waals surface area contributed by atoms with Gasteiger partial charge in [0.15, 0.2) is 0 Å². The van der Waals surface area contributed by atoms with Crippen molar-refractivity contribution in [1.82, 2.24) is 15.5 Å². The van der Waals surface area contributed by atoms with Crippen LogP contribution in [0.2, 0.25) is 0 Å². The Morgan fingerprint density at radius 1 is 1.44 bits per heavy atom. The summed E-state index contributed by atoms with van der Waals surface area (Å²) in [5, 5.41) is 7.40. The van der Waals surface area contributed by atoms with E-state index in [1.54, 1.807) is 11.3 Å². The Balaban J connectivity index is 2.15. The van der Waals surface area contributed by atoms with Crippen LogP contribution in [0.5, 0.6) is 0 Å². The Morgan fingerprint density at radius 3 is 2.83 bits per heavy atom. The number of rotatable bonds is 5. The maximum Gasteiger partial charge on any atom is 0.231 e. The Bertz CT molecular complexity index is 511. The van der Waals surface area contributed by atoms with Gasteiger partial charge in [-0.2, -0.15) is 4.98 Å². The minimum Gasteiger partial charge on any atom is -0.339 e. The molecule has 0 saturated heterocycles. The SMILES string of the molecule is CCNC(C)C(C)c1nc(-c2ccc(Br)s2)no1. The molecular weight excluding hydrogens is 314 g/mol. The molecule has 2 unspecified atom stereocenters. The van der Waals surface area contributed by atoms with Crippen LogP contribution in [0, 0.1) is 0 Å². The molecule has 2 atom stereocenters. The second-order valence-electron chi connectivity index (χ2n) is 4.20. The monoisotopic (exact) mass is 329 g/mol. The van der Waals surface area contributed by atoms with E-state index in [2.05, 4.69) is 52.2 Å². The van der Waals surface area contributed by atoms with Crippen LogP contribution in [0.3, 0.4) is 0 Å². The van der Waals surface area contributed by atoms with E-state index >= 15 is 0 Å². The maximum atomic E-state index is 5.35. The average molecular weight is 330 g/mol. The smallest absolute Gasteiger partial charge is 0.231 e. The Labute approximate surface area is 119 Å². The van der Waals surface area contributed by atoms with Gasteiger partial charge in [0.2, 0.25) is 11.7 Å². The van der Waals surface area contributed by atoms with Gasteiger partial charge in [0.1, 0.15) is 0 Å². The van der Waals surface area contributed by atoms with Crippen molar-refractivity contribution in [3.05, 3.63) is 21.8 Å². The van der Waals surface area contributed by atoms with Crippen LogP contribution in [-0.4, -0.2) is 22.7 Å². The molecule has 2 heterocycles. The average Bonchev–Trinajstić information content (AvgIpc) is 2.96. The number of hydrogen-bond acceptors (Lipinski definition) is 5. The van der Waals surface area contributed by atoms with Crippen LogP contribution in [0.1, 0.15) is 32.6 Å². The van der Waals surface area contributed by atoms with E-state index in [0.29, 0.717) is 17.8 Å². The van der Waals surface area contributed by atoms with Gasteiger partial charge in [0.05, 0.1) is 14.6 Å². The number of halogens is 1. The lowest BCUT2D eigenvalue weighted by atomic mass is 10.0.